The highest BCUT2D eigenvalue weighted by molar-refractivity contribution is 5.96. The summed E-state index contributed by atoms with van der Waals surface area (Å²) in [6.45, 7) is 5.58. The quantitative estimate of drug-likeness (QED) is 0.648. The molecule has 1 aliphatic heterocycles. The number of ether oxygens (including phenoxy) is 1. The lowest BCUT2D eigenvalue weighted by Gasteiger charge is -2.32. The van der Waals surface area contributed by atoms with Gasteiger partial charge in [-0.3, -0.25) is 14.6 Å². The summed E-state index contributed by atoms with van der Waals surface area (Å²) < 4.78 is 11.2. The molecule has 2 amide bonds. The van der Waals surface area contributed by atoms with Crippen LogP contribution in [0.2, 0.25) is 0 Å². The summed E-state index contributed by atoms with van der Waals surface area (Å²) in [5.74, 6) is 0.441. The van der Waals surface area contributed by atoms with Crippen LogP contribution in [0, 0.1) is 0 Å². The van der Waals surface area contributed by atoms with Crippen molar-refractivity contribution < 1.29 is 18.7 Å². The third kappa shape index (κ3) is 5.67. The maximum absolute atomic E-state index is 13.2. The Morgan fingerprint density at radius 3 is 2.69 bits per heavy atom. The molecule has 1 saturated heterocycles. The summed E-state index contributed by atoms with van der Waals surface area (Å²) in [7, 11) is 0. The van der Waals surface area contributed by atoms with E-state index in [1.54, 1.807) is 40.6 Å². The number of furan rings is 1. The zero-order chi connectivity index (χ0) is 20.6. The monoisotopic (exact) mass is 399 g/mol. The maximum atomic E-state index is 13.2. The molecular weight excluding hydrogens is 370 g/mol. The number of nitrogens with zero attached hydrogens (tertiary/aromatic N) is 3. The van der Waals surface area contributed by atoms with Crippen LogP contribution in [0.3, 0.4) is 0 Å². The first-order chi connectivity index (χ1) is 14.1. The van der Waals surface area contributed by atoms with Crippen LogP contribution in [-0.2, 0) is 16.1 Å². The third-order valence-corrected chi connectivity index (χ3v) is 5.34. The Bertz CT molecular complexity index is 773. The molecule has 2 atom stereocenters. The lowest BCUT2D eigenvalue weighted by atomic mass is 10.1. The normalized spacial score (nSPS) is 17.1. The summed E-state index contributed by atoms with van der Waals surface area (Å²) in [6.07, 6.45) is 7.51. The second-order valence-electron chi connectivity index (χ2n) is 7.41. The Morgan fingerprint density at radius 2 is 2.07 bits per heavy atom. The first kappa shape index (κ1) is 21.0. The topological polar surface area (TPSA) is 75.9 Å². The predicted octanol–water partition coefficient (Wildman–Crippen LogP) is 3.12. The summed E-state index contributed by atoms with van der Waals surface area (Å²) in [6, 6.07) is 6.95. The largest absolute Gasteiger partial charge is 0.467 e. The fourth-order valence-electron chi connectivity index (χ4n) is 3.43. The molecule has 156 valence electrons. The van der Waals surface area contributed by atoms with Gasteiger partial charge < -0.3 is 19.0 Å². The van der Waals surface area contributed by atoms with E-state index in [9.17, 15) is 9.59 Å². The molecule has 7 heteroatoms. The van der Waals surface area contributed by atoms with Gasteiger partial charge in [0.2, 0.25) is 5.91 Å². The third-order valence-electron chi connectivity index (χ3n) is 5.34. The molecule has 3 rings (SSSR count). The second kappa shape index (κ2) is 10.2. The second-order valence-corrected chi connectivity index (χ2v) is 7.41. The minimum atomic E-state index is -0.162. The molecule has 1 fully saturated rings. The van der Waals surface area contributed by atoms with Crippen LogP contribution in [0.5, 0.6) is 0 Å². The van der Waals surface area contributed by atoms with Gasteiger partial charge in [-0.2, -0.15) is 0 Å². The molecule has 7 nitrogen and oxygen atoms in total. The fraction of sp³-hybridized carbons (Fsp3) is 0.500. The van der Waals surface area contributed by atoms with Gasteiger partial charge in [-0.1, -0.05) is 6.92 Å². The molecular formula is C22H29N3O4. The Hall–Kier alpha value is -2.67. The van der Waals surface area contributed by atoms with Crippen molar-refractivity contribution in [1.82, 2.24) is 14.8 Å². The van der Waals surface area contributed by atoms with E-state index in [1.807, 2.05) is 26.0 Å². The van der Waals surface area contributed by atoms with E-state index in [4.69, 9.17) is 9.15 Å². The maximum Gasteiger partial charge on any atom is 0.254 e. The highest BCUT2D eigenvalue weighted by Gasteiger charge is 2.28. The highest BCUT2D eigenvalue weighted by atomic mass is 16.5. The predicted molar refractivity (Wildman–Crippen MR) is 108 cm³/mol. The van der Waals surface area contributed by atoms with E-state index in [0.717, 1.165) is 25.9 Å². The Labute approximate surface area is 171 Å². The van der Waals surface area contributed by atoms with Crippen molar-refractivity contribution in [2.45, 2.75) is 51.8 Å². The van der Waals surface area contributed by atoms with Crippen molar-refractivity contribution in [2.75, 3.05) is 19.7 Å². The van der Waals surface area contributed by atoms with Gasteiger partial charge in [0, 0.05) is 37.2 Å². The van der Waals surface area contributed by atoms with Gasteiger partial charge in [0.1, 0.15) is 12.3 Å². The zero-order valence-corrected chi connectivity index (χ0v) is 17.1. The van der Waals surface area contributed by atoms with Gasteiger partial charge in [-0.25, -0.2) is 0 Å². The average molecular weight is 399 g/mol. The molecule has 0 N–H and O–H groups in total. The van der Waals surface area contributed by atoms with Crippen molar-refractivity contribution in [3.63, 3.8) is 0 Å². The van der Waals surface area contributed by atoms with E-state index in [2.05, 4.69) is 4.98 Å². The van der Waals surface area contributed by atoms with Crippen LogP contribution in [0.25, 0.3) is 0 Å². The SMILES string of the molecule is CC[C@H](C)N(CC(=O)N(Cc1ccco1)C[C@@H]1CCCO1)C(=O)c1ccncc1. The van der Waals surface area contributed by atoms with Crippen molar-refractivity contribution in [1.29, 1.82) is 0 Å². The number of amides is 2. The molecule has 3 heterocycles. The number of pyridine rings is 1. The van der Waals surface area contributed by atoms with E-state index in [0.29, 0.717) is 24.4 Å². The smallest absolute Gasteiger partial charge is 0.254 e. The summed E-state index contributed by atoms with van der Waals surface area (Å²) >= 11 is 0. The lowest BCUT2D eigenvalue weighted by Crippen LogP contribution is -2.47. The van der Waals surface area contributed by atoms with Crippen molar-refractivity contribution in [3.05, 3.63) is 54.2 Å². The van der Waals surface area contributed by atoms with E-state index >= 15 is 0 Å². The number of rotatable bonds is 9. The molecule has 0 aromatic carbocycles. The van der Waals surface area contributed by atoms with Crippen molar-refractivity contribution >= 4 is 11.8 Å². The number of carbonyl (C=O) groups is 2. The molecule has 0 radical (unpaired) electrons. The standard InChI is InChI=1S/C22H29N3O4/c1-3-17(2)25(22(27)18-8-10-23-11-9-18)16-21(26)24(14-19-6-4-12-28-19)15-20-7-5-13-29-20/h4,6,8-12,17,20H,3,5,7,13-16H2,1-2H3/t17-,20-/m0/s1. The zero-order valence-electron chi connectivity index (χ0n) is 17.1. The Balaban J connectivity index is 1.75. The van der Waals surface area contributed by atoms with Gasteiger partial charge in [0.15, 0.2) is 0 Å². The van der Waals surface area contributed by atoms with Crippen LogP contribution in [-0.4, -0.2) is 58.4 Å². The fourth-order valence-corrected chi connectivity index (χ4v) is 3.43. The number of hydrogen-bond acceptors (Lipinski definition) is 5. The number of aromatic nitrogens is 1. The minimum absolute atomic E-state index is 0.0175. The van der Waals surface area contributed by atoms with E-state index in [-0.39, 0.29) is 30.5 Å². The van der Waals surface area contributed by atoms with Crippen molar-refractivity contribution in [3.8, 4) is 0 Å². The van der Waals surface area contributed by atoms with Gasteiger partial charge >= 0.3 is 0 Å². The van der Waals surface area contributed by atoms with Gasteiger partial charge in [-0.15, -0.1) is 0 Å². The highest BCUT2D eigenvalue weighted by Crippen LogP contribution is 2.17. The first-order valence-corrected chi connectivity index (χ1v) is 10.2. The van der Waals surface area contributed by atoms with Crippen LogP contribution in [0.15, 0.2) is 47.3 Å². The Morgan fingerprint density at radius 1 is 1.28 bits per heavy atom. The molecule has 0 bridgehead atoms. The molecule has 29 heavy (non-hydrogen) atoms. The molecule has 0 spiro atoms. The first-order valence-electron chi connectivity index (χ1n) is 10.2. The van der Waals surface area contributed by atoms with E-state index in [1.165, 1.54) is 0 Å². The Kier molecular flexibility index (Phi) is 7.41. The van der Waals surface area contributed by atoms with Crippen LogP contribution in [0.1, 0.15) is 49.2 Å². The van der Waals surface area contributed by atoms with Gasteiger partial charge in [0.25, 0.3) is 5.91 Å². The summed E-state index contributed by atoms with van der Waals surface area (Å²) in [5, 5.41) is 0. The summed E-state index contributed by atoms with van der Waals surface area (Å²) in [5.41, 5.74) is 0.532. The van der Waals surface area contributed by atoms with E-state index < -0.39 is 0 Å². The molecule has 2 aromatic heterocycles. The molecule has 1 aliphatic rings. The number of hydrogen-bond donors (Lipinski definition) is 0. The van der Waals surface area contributed by atoms with Gasteiger partial charge in [0.05, 0.1) is 18.9 Å². The van der Waals surface area contributed by atoms with Gasteiger partial charge in [-0.05, 0) is 50.5 Å². The summed E-state index contributed by atoms with van der Waals surface area (Å²) in [4.78, 5) is 33.6. The van der Waals surface area contributed by atoms with Crippen LogP contribution >= 0.6 is 0 Å². The van der Waals surface area contributed by atoms with Crippen molar-refractivity contribution in [2.24, 2.45) is 0 Å². The minimum Gasteiger partial charge on any atom is -0.467 e. The van der Waals surface area contributed by atoms with Crippen LogP contribution < -0.4 is 0 Å². The lowest BCUT2D eigenvalue weighted by molar-refractivity contribution is -0.134. The molecule has 0 aliphatic carbocycles. The van der Waals surface area contributed by atoms with Crippen LogP contribution in [0.4, 0.5) is 0 Å². The molecule has 2 aromatic rings. The molecule has 0 saturated carbocycles. The molecule has 0 unspecified atom stereocenters. The average Bonchev–Trinajstić information content (AvgIpc) is 3.45. The number of carbonyl (C=O) groups excluding carboxylic acids is 2.